The molecule has 12 aromatic rings. The molecule has 0 fully saturated rings. The first-order chi connectivity index (χ1) is 28.7. The lowest BCUT2D eigenvalue weighted by Crippen LogP contribution is -2.00. The van der Waals surface area contributed by atoms with Gasteiger partial charge in [-0.25, -0.2) is 15.0 Å². The molecule has 5 nitrogen and oxygen atoms in total. The van der Waals surface area contributed by atoms with Crippen molar-refractivity contribution in [1.29, 1.82) is 0 Å². The molecule has 12 rings (SSSR count). The zero-order valence-electron chi connectivity index (χ0n) is 31.3. The van der Waals surface area contributed by atoms with Crippen LogP contribution in [0.3, 0.4) is 0 Å². The topological polar surface area (TPSA) is 48.5 Å². The summed E-state index contributed by atoms with van der Waals surface area (Å²) in [4.78, 5) is 15.2. The lowest BCUT2D eigenvalue weighted by molar-refractivity contribution is 1.07. The third-order valence-electron chi connectivity index (χ3n) is 11.5. The maximum Gasteiger partial charge on any atom is 0.164 e. The third-order valence-corrected chi connectivity index (χ3v) is 11.5. The summed E-state index contributed by atoms with van der Waals surface area (Å²) in [5, 5.41) is 9.75. The Morgan fingerprint density at radius 1 is 0.259 bits per heavy atom. The van der Waals surface area contributed by atoms with E-state index in [2.05, 4.69) is 179 Å². The van der Waals surface area contributed by atoms with Crippen molar-refractivity contribution in [2.24, 2.45) is 0 Å². The SMILES string of the molecule is c1ccc(-c2nc(-c3ccc(-n4c5ccccc5c5cc(-n6c7ccccc7c7ccccc76)ccc54)cc3)nc(-c3ccc4c(ccc5ccccc54)c3)n2)cc1. The Morgan fingerprint density at radius 2 is 0.707 bits per heavy atom. The minimum absolute atomic E-state index is 0.632. The molecule has 58 heavy (non-hydrogen) atoms. The van der Waals surface area contributed by atoms with Gasteiger partial charge in [0.2, 0.25) is 0 Å². The molecule has 0 saturated heterocycles. The first-order valence-corrected chi connectivity index (χ1v) is 19.6. The van der Waals surface area contributed by atoms with Crippen molar-refractivity contribution in [2.75, 3.05) is 0 Å². The molecule has 270 valence electrons. The molecule has 9 aromatic carbocycles. The molecule has 0 aliphatic rings. The van der Waals surface area contributed by atoms with E-state index in [1.807, 2.05) is 30.3 Å². The highest BCUT2D eigenvalue weighted by molar-refractivity contribution is 6.12. The van der Waals surface area contributed by atoms with Crippen molar-refractivity contribution in [1.82, 2.24) is 24.1 Å². The Morgan fingerprint density at radius 3 is 1.38 bits per heavy atom. The van der Waals surface area contributed by atoms with Crippen molar-refractivity contribution in [3.8, 4) is 45.5 Å². The van der Waals surface area contributed by atoms with Crippen molar-refractivity contribution in [2.45, 2.75) is 0 Å². The smallest absolute Gasteiger partial charge is 0.164 e. The van der Waals surface area contributed by atoms with Gasteiger partial charge in [0, 0.05) is 49.6 Å². The molecule has 5 heteroatoms. The van der Waals surface area contributed by atoms with Crippen LogP contribution in [0.15, 0.2) is 200 Å². The highest BCUT2D eigenvalue weighted by Crippen LogP contribution is 2.37. The van der Waals surface area contributed by atoms with Gasteiger partial charge in [0.05, 0.1) is 22.1 Å². The number of para-hydroxylation sites is 3. The molecule has 0 saturated carbocycles. The number of hydrogen-bond acceptors (Lipinski definition) is 3. The van der Waals surface area contributed by atoms with Gasteiger partial charge >= 0.3 is 0 Å². The van der Waals surface area contributed by atoms with E-state index in [1.54, 1.807) is 0 Å². The normalized spacial score (nSPS) is 11.8. The first-order valence-electron chi connectivity index (χ1n) is 19.6. The van der Waals surface area contributed by atoms with E-state index < -0.39 is 0 Å². The average Bonchev–Trinajstić information content (AvgIpc) is 3.81. The van der Waals surface area contributed by atoms with E-state index in [1.165, 1.54) is 48.7 Å². The Bertz CT molecular complexity index is 3510. The molecular formula is C53H33N5. The summed E-state index contributed by atoms with van der Waals surface area (Å²) in [5.41, 5.74) is 9.74. The van der Waals surface area contributed by atoms with Crippen LogP contribution in [0.4, 0.5) is 0 Å². The number of benzene rings is 9. The molecule has 3 heterocycles. The minimum Gasteiger partial charge on any atom is -0.309 e. The molecule has 0 bridgehead atoms. The Hall–Kier alpha value is -7.89. The number of rotatable bonds is 5. The van der Waals surface area contributed by atoms with Gasteiger partial charge in [-0.05, 0) is 88.3 Å². The molecule has 0 aliphatic carbocycles. The summed E-state index contributed by atoms with van der Waals surface area (Å²) in [6.07, 6.45) is 0. The highest BCUT2D eigenvalue weighted by Gasteiger charge is 2.18. The van der Waals surface area contributed by atoms with E-state index in [-0.39, 0.29) is 0 Å². The summed E-state index contributed by atoms with van der Waals surface area (Å²) in [6, 6.07) is 71.0. The van der Waals surface area contributed by atoms with Gasteiger partial charge in [-0.2, -0.15) is 0 Å². The van der Waals surface area contributed by atoms with E-state index in [4.69, 9.17) is 15.0 Å². The fourth-order valence-corrected chi connectivity index (χ4v) is 8.84. The molecule has 0 radical (unpaired) electrons. The van der Waals surface area contributed by atoms with Crippen molar-refractivity contribution < 1.29 is 0 Å². The van der Waals surface area contributed by atoms with Crippen molar-refractivity contribution in [3.05, 3.63) is 200 Å². The quantitative estimate of drug-likeness (QED) is 0.165. The van der Waals surface area contributed by atoms with Crippen LogP contribution in [0, 0.1) is 0 Å². The van der Waals surface area contributed by atoms with Crippen LogP contribution in [0.5, 0.6) is 0 Å². The van der Waals surface area contributed by atoms with E-state index in [0.29, 0.717) is 17.5 Å². The van der Waals surface area contributed by atoms with Gasteiger partial charge in [-0.1, -0.05) is 133 Å². The van der Waals surface area contributed by atoms with Gasteiger partial charge in [-0.3, -0.25) is 0 Å². The van der Waals surface area contributed by atoms with Gasteiger partial charge in [0.25, 0.3) is 0 Å². The summed E-state index contributed by atoms with van der Waals surface area (Å²) in [7, 11) is 0. The van der Waals surface area contributed by atoms with Crippen LogP contribution < -0.4 is 0 Å². The first kappa shape index (κ1) is 32.4. The lowest BCUT2D eigenvalue weighted by Gasteiger charge is -2.12. The summed E-state index contributed by atoms with van der Waals surface area (Å²) in [5.74, 6) is 1.92. The Kier molecular flexibility index (Phi) is 7.16. The van der Waals surface area contributed by atoms with Gasteiger partial charge in [-0.15, -0.1) is 0 Å². The van der Waals surface area contributed by atoms with Crippen LogP contribution in [-0.2, 0) is 0 Å². The zero-order chi connectivity index (χ0) is 38.2. The van der Waals surface area contributed by atoms with Crippen LogP contribution in [0.25, 0.3) is 111 Å². The highest BCUT2D eigenvalue weighted by atomic mass is 15.0. The second-order valence-electron chi connectivity index (χ2n) is 14.9. The number of aromatic nitrogens is 5. The fourth-order valence-electron chi connectivity index (χ4n) is 8.84. The van der Waals surface area contributed by atoms with Gasteiger partial charge in [0.15, 0.2) is 17.5 Å². The molecule has 3 aromatic heterocycles. The van der Waals surface area contributed by atoms with Gasteiger partial charge < -0.3 is 9.13 Å². The van der Waals surface area contributed by atoms with Crippen LogP contribution in [0.2, 0.25) is 0 Å². The molecular weight excluding hydrogens is 707 g/mol. The molecule has 0 unspecified atom stereocenters. The standard InChI is InChI=1S/C53H33N5/c1-2-13-35(14-3-1)51-54-52(56-53(55-51)38-26-30-42-37(32-38)23-22-34-12-4-5-15-41(34)42)36-24-27-39(28-25-36)57-49-21-11-8-18-45(49)46-33-40(29-31-50(46)57)58-47-19-9-6-16-43(47)44-17-7-10-20-48(44)58/h1-33H. The predicted octanol–water partition coefficient (Wildman–Crippen LogP) is 13.4. The summed E-state index contributed by atoms with van der Waals surface area (Å²) >= 11 is 0. The lowest BCUT2D eigenvalue weighted by atomic mass is 10.00. The van der Waals surface area contributed by atoms with Crippen LogP contribution in [-0.4, -0.2) is 24.1 Å². The molecule has 0 aliphatic heterocycles. The number of hydrogen-bond donors (Lipinski definition) is 0. The maximum absolute atomic E-state index is 5.11. The molecule has 0 atom stereocenters. The molecule has 0 spiro atoms. The maximum atomic E-state index is 5.11. The van der Waals surface area contributed by atoms with Crippen molar-refractivity contribution in [3.63, 3.8) is 0 Å². The molecule has 0 N–H and O–H groups in total. The number of nitrogens with zero attached hydrogens (tertiary/aromatic N) is 5. The summed E-state index contributed by atoms with van der Waals surface area (Å²) in [6.45, 7) is 0. The number of fused-ring (bicyclic) bond motifs is 9. The van der Waals surface area contributed by atoms with Gasteiger partial charge in [0.1, 0.15) is 0 Å². The molecule has 0 amide bonds. The van der Waals surface area contributed by atoms with Crippen molar-refractivity contribution >= 4 is 65.2 Å². The van der Waals surface area contributed by atoms with Crippen LogP contribution >= 0.6 is 0 Å². The minimum atomic E-state index is 0.632. The monoisotopic (exact) mass is 739 g/mol. The second kappa shape index (κ2) is 12.8. The van der Waals surface area contributed by atoms with E-state index >= 15 is 0 Å². The van der Waals surface area contributed by atoms with E-state index in [9.17, 15) is 0 Å². The van der Waals surface area contributed by atoms with Crippen LogP contribution in [0.1, 0.15) is 0 Å². The Labute approximate surface area is 333 Å². The largest absolute Gasteiger partial charge is 0.309 e. The predicted molar refractivity (Wildman–Crippen MR) is 240 cm³/mol. The average molecular weight is 740 g/mol. The Balaban J connectivity index is 0.976. The second-order valence-corrected chi connectivity index (χ2v) is 14.9. The zero-order valence-corrected chi connectivity index (χ0v) is 31.3. The summed E-state index contributed by atoms with van der Waals surface area (Å²) < 4.78 is 4.74. The fraction of sp³-hybridized carbons (Fsp3) is 0. The third kappa shape index (κ3) is 5.07. The van der Waals surface area contributed by atoms with E-state index in [0.717, 1.165) is 44.5 Å².